The van der Waals surface area contributed by atoms with E-state index >= 15 is 0 Å². The highest BCUT2D eigenvalue weighted by atomic mass is 35.5. The van der Waals surface area contributed by atoms with Gasteiger partial charge in [-0.25, -0.2) is 9.18 Å². The summed E-state index contributed by atoms with van der Waals surface area (Å²) < 4.78 is 14.3. The number of unbranched alkanes of at least 4 members (excludes halogenated alkanes) is 1. The first kappa shape index (κ1) is 20.6. The Morgan fingerprint density at radius 2 is 1.92 bits per heavy atom. The van der Waals surface area contributed by atoms with Crippen LogP contribution in [0.1, 0.15) is 25.7 Å². The predicted octanol–water partition coefficient (Wildman–Crippen LogP) is -0.507. The smallest absolute Gasteiger partial charge is 0.332 e. The van der Waals surface area contributed by atoms with Gasteiger partial charge in [0.05, 0.1) is 12.0 Å². The van der Waals surface area contributed by atoms with Crippen molar-refractivity contribution in [3.63, 3.8) is 0 Å². The Labute approximate surface area is 144 Å². The van der Waals surface area contributed by atoms with Crippen LogP contribution >= 0.6 is 12.4 Å². The first-order valence-electron chi connectivity index (χ1n) is 7.65. The van der Waals surface area contributed by atoms with Crippen molar-refractivity contribution in [2.45, 2.75) is 43.4 Å². The minimum atomic E-state index is -2.20. The van der Waals surface area contributed by atoms with E-state index in [1.165, 1.54) is 0 Å². The molecule has 0 heterocycles. The van der Waals surface area contributed by atoms with Crippen LogP contribution in [-0.4, -0.2) is 52.4 Å². The number of fused-ring (bicyclic) bond motifs is 1. The molecule has 10 heteroatoms. The minimum Gasteiger partial charge on any atom is -0.481 e. The summed E-state index contributed by atoms with van der Waals surface area (Å²) in [6.07, 6.45) is -0.454. The zero-order valence-electron chi connectivity index (χ0n) is 13.0. The number of hydrogen-bond donors (Lipinski definition) is 5. The van der Waals surface area contributed by atoms with Gasteiger partial charge in [0.1, 0.15) is 6.17 Å². The summed E-state index contributed by atoms with van der Waals surface area (Å²) in [7, 11) is 0. The molecule has 0 aromatic carbocycles. The molecule has 138 valence electrons. The van der Waals surface area contributed by atoms with Crippen molar-refractivity contribution in [1.29, 1.82) is 0 Å². The van der Waals surface area contributed by atoms with E-state index in [0.717, 1.165) is 0 Å². The average Bonchev–Trinajstić information content (AvgIpc) is 3.11. The van der Waals surface area contributed by atoms with E-state index in [9.17, 15) is 23.9 Å². The zero-order chi connectivity index (χ0) is 17.4. The van der Waals surface area contributed by atoms with E-state index in [0.29, 0.717) is 25.8 Å². The highest BCUT2D eigenvalue weighted by Crippen LogP contribution is 2.63. The maximum absolute atomic E-state index is 14.3. The van der Waals surface area contributed by atoms with Crippen molar-refractivity contribution in [1.82, 2.24) is 5.32 Å². The zero-order valence-corrected chi connectivity index (χ0v) is 13.8. The van der Waals surface area contributed by atoms with Gasteiger partial charge in [0.15, 0.2) is 5.54 Å². The summed E-state index contributed by atoms with van der Waals surface area (Å²) in [6.45, 7) is 0.448. The van der Waals surface area contributed by atoms with Gasteiger partial charge in [0, 0.05) is 5.92 Å². The number of rotatable bonds is 8. The fourth-order valence-electron chi connectivity index (χ4n) is 3.69. The number of nitrogens with two attached hydrogens (primary N) is 2. The lowest BCUT2D eigenvalue weighted by Crippen LogP contribution is -2.63. The predicted molar refractivity (Wildman–Crippen MR) is 84.3 cm³/mol. The third kappa shape index (κ3) is 3.33. The summed E-state index contributed by atoms with van der Waals surface area (Å²) in [5.41, 5.74) is 8.86. The maximum Gasteiger partial charge on any atom is 0.332 e. The largest absolute Gasteiger partial charge is 0.481 e. The number of carboxylic acids is 2. The monoisotopic (exact) mass is 367 g/mol. The third-order valence-corrected chi connectivity index (χ3v) is 4.94. The number of carbonyl (C=O) groups excluding carboxylic acids is 1. The third-order valence-electron chi connectivity index (χ3n) is 4.94. The number of carbonyl (C=O) groups is 3. The summed E-state index contributed by atoms with van der Waals surface area (Å²) in [5.74, 6) is -5.93. The molecule has 7 N–H and O–H groups in total. The molecular formula is C14H23ClFN3O5. The first-order chi connectivity index (χ1) is 10.8. The van der Waals surface area contributed by atoms with Crippen molar-refractivity contribution in [3.8, 4) is 0 Å². The van der Waals surface area contributed by atoms with Gasteiger partial charge in [0.2, 0.25) is 5.91 Å². The molecule has 6 atom stereocenters. The van der Waals surface area contributed by atoms with Crippen LogP contribution in [0, 0.1) is 17.8 Å². The molecule has 0 aliphatic heterocycles. The number of carboxylic acid groups (broad SMARTS) is 2. The molecule has 2 aliphatic carbocycles. The molecule has 2 fully saturated rings. The highest BCUT2D eigenvalue weighted by Gasteiger charge is 2.76. The minimum absolute atomic E-state index is 0. The van der Waals surface area contributed by atoms with Crippen molar-refractivity contribution < 1.29 is 29.0 Å². The molecule has 0 aromatic heterocycles. The number of aliphatic carboxylic acids is 2. The van der Waals surface area contributed by atoms with Crippen LogP contribution in [0.5, 0.6) is 0 Å². The average molecular weight is 368 g/mol. The summed E-state index contributed by atoms with van der Waals surface area (Å²) in [6, 6.07) is -0.981. The van der Waals surface area contributed by atoms with Gasteiger partial charge in [-0.3, -0.25) is 9.59 Å². The molecule has 0 unspecified atom stereocenters. The fraction of sp³-hybridized carbons (Fsp3) is 0.786. The summed E-state index contributed by atoms with van der Waals surface area (Å²) in [5, 5.41) is 20.8. The van der Waals surface area contributed by atoms with Crippen molar-refractivity contribution in [3.05, 3.63) is 0 Å². The Morgan fingerprint density at radius 1 is 1.29 bits per heavy atom. The van der Waals surface area contributed by atoms with E-state index in [1.54, 1.807) is 0 Å². The van der Waals surface area contributed by atoms with Crippen molar-refractivity contribution in [2.75, 3.05) is 6.54 Å². The second-order valence-corrected chi connectivity index (χ2v) is 6.31. The molecule has 0 bridgehead atoms. The van der Waals surface area contributed by atoms with Gasteiger partial charge in [0.25, 0.3) is 0 Å². The Bertz CT molecular complexity index is 523. The van der Waals surface area contributed by atoms with E-state index < -0.39 is 53.4 Å². The number of halogens is 2. The lowest BCUT2D eigenvalue weighted by molar-refractivity contribution is -0.153. The summed E-state index contributed by atoms with van der Waals surface area (Å²) in [4.78, 5) is 34.9. The Balaban J connectivity index is 0.00000288. The molecule has 2 rings (SSSR count). The standard InChI is InChI=1S/C14H22FN3O5.ClH/c15-8-5-6-9(12(20)21)10(6)14(8,13(22)23)18-11(19)7(17)3-1-2-4-16;/h6-10H,1-5,16-17H2,(H,18,19)(H,20,21)(H,22,23);1H/t6-,7-,8-,9-,10-,14-;/m0./s1. The van der Waals surface area contributed by atoms with Crippen LogP contribution in [-0.2, 0) is 14.4 Å². The van der Waals surface area contributed by atoms with E-state index in [1.807, 2.05) is 0 Å². The van der Waals surface area contributed by atoms with E-state index in [2.05, 4.69) is 5.32 Å². The lowest BCUT2D eigenvalue weighted by Gasteiger charge is -2.32. The second kappa shape index (κ2) is 7.62. The number of alkyl halides is 1. The number of nitrogens with one attached hydrogen (secondary N) is 1. The van der Waals surface area contributed by atoms with Gasteiger partial charge in [-0.1, -0.05) is 6.42 Å². The Kier molecular flexibility index (Phi) is 6.54. The van der Waals surface area contributed by atoms with Crippen LogP contribution in [0.15, 0.2) is 0 Å². The molecule has 0 spiro atoms. The molecule has 8 nitrogen and oxygen atoms in total. The van der Waals surface area contributed by atoms with Crippen LogP contribution in [0.25, 0.3) is 0 Å². The van der Waals surface area contributed by atoms with Gasteiger partial charge in [-0.05, 0) is 31.7 Å². The fourth-order valence-corrected chi connectivity index (χ4v) is 3.69. The number of amides is 1. The molecule has 1 amide bonds. The Hall–Kier alpha value is -1.45. The van der Waals surface area contributed by atoms with Crippen LogP contribution in [0.2, 0.25) is 0 Å². The van der Waals surface area contributed by atoms with Crippen molar-refractivity contribution >= 4 is 30.3 Å². The SMILES string of the molecule is Cl.NCCCC[C@H](N)C(=O)N[C@]1(C(=O)O)[C@H]2[C@@H](C[C@@H]1F)[C@@H]2C(=O)O. The van der Waals surface area contributed by atoms with Crippen LogP contribution < -0.4 is 16.8 Å². The molecular weight excluding hydrogens is 345 g/mol. The van der Waals surface area contributed by atoms with Crippen LogP contribution in [0.3, 0.4) is 0 Å². The normalized spacial score (nSPS) is 34.6. The van der Waals surface area contributed by atoms with E-state index in [-0.39, 0.29) is 18.8 Å². The number of hydrogen-bond acceptors (Lipinski definition) is 5. The van der Waals surface area contributed by atoms with E-state index in [4.69, 9.17) is 16.6 Å². The molecule has 2 saturated carbocycles. The molecule has 2 aliphatic rings. The topological polar surface area (TPSA) is 156 Å². The van der Waals surface area contributed by atoms with Gasteiger partial charge < -0.3 is 27.0 Å². The van der Waals surface area contributed by atoms with Gasteiger partial charge in [-0.15, -0.1) is 12.4 Å². The first-order valence-corrected chi connectivity index (χ1v) is 7.65. The second-order valence-electron chi connectivity index (χ2n) is 6.31. The Morgan fingerprint density at radius 3 is 2.42 bits per heavy atom. The molecule has 0 saturated heterocycles. The highest BCUT2D eigenvalue weighted by molar-refractivity contribution is 5.93. The summed E-state index contributed by atoms with van der Waals surface area (Å²) >= 11 is 0. The lowest BCUT2D eigenvalue weighted by atomic mass is 9.88. The molecule has 0 aromatic rings. The maximum atomic E-state index is 14.3. The van der Waals surface area contributed by atoms with Crippen LogP contribution in [0.4, 0.5) is 4.39 Å². The quantitative estimate of drug-likeness (QED) is 0.362. The van der Waals surface area contributed by atoms with Crippen molar-refractivity contribution in [2.24, 2.45) is 29.2 Å². The molecule has 24 heavy (non-hydrogen) atoms. The molecule has 0 radical (unpaired) electrons. The van der Waals surface area contributed by atoms with Gasteiger partial charge in [-0.2, -0.15) is 0 Å². The van der Waals surface area contributed by atoms with Gasteiger partial charge >= 0.3 is 11.9 Å².